The molecule has 10 nitrogen and oxygen atoms in total. The number of benzene rings is 3. The van der Waals surface area contributed by atoms with Gasteiger partial charge >= 0.3 is 0 Å². The van der Waals surface area contributed by atoms with Crippen LogP contribution >= 0.6 is 0 Å². The average molecular weight is 556 g/mol. The molecule has 3 aliphatic heterocycles. The fourth-order valence-corrected chi connectivity index (χ4v) is 5.12. The van der Waals surface area contributed by atoms with Gasteiger partial charge in [-0.05, 0) is 86.3 Å². The number of nitro benzene ring substituents is 1. The third kappa shape index (κ3) is 5.79. The molecular weight excluding hydrogens is 529 g/mol. The van der Waals surface area contributed by atoms with E-state index in [0.29, 0.717) is 48.0 Å². The predicted molar refractivity (Wildman–Crippen MR) is 150 cm³/mol. The number of alkyl halides is 1. The summed E-state index contributed by atoms with van der Waals surface area (Å²) < 4.78 is 26.1. The van der Waals surface area contributed by atoms with Crippen molar-refractivity contribution < 1.29 is 23.6 Å². The Balaban J connectivity index is 1.37. The maximum atomic E-state index is 14.0. The van der Waals surface area contributed by atoms with E-state index in [9.17, 15) is 19.3 Å². The van der Waals surface area contributed by atoms with E-state index in [1.165, 1.54) is 24.4 Å². The number of anilines is 3. The highest BCUT2D eigenvalue weighted by molar-refractivity contribution is 6.05. The normalized spacial score (nSPS) is 19.5. The molecule has 1 amide bonds. The highest BCUT2D eigenvalue weighted by Gasteiger charge is 2.40. The first-order chi connectivity index (χ1) is 19.7. The molecule has 8 rings (SSSR count). The number of nitrogens with one attached hydrogen (secondary N) is 2. The monoisotopic (exact) mass is 555 g/mol. The lowest BCUT2D eigenvalue weighted by Gasteiger charge is -2.38. The molecule has 0 unspecified atom stereocenters. The number of amides is 1. The minimum atomic E-state index is -1.13. The van der Waals surface area contributed by atoms with E-state index in [1.807, 2.05) is 12.1 Å². The van der Waals surface area contributed by atoms with Crippen LogP contribution in [0.4, 0.5) is 27.4 Å². The van der Waals surface area contributed by atoms with Gasteiger partial charge in [-0.15, -0.1) is 0 Å². The van der Waals surface area contributed by atoms with Gasteiger partial charge in [0.2, 0.25) is 5.95 Å². The topological polar surface area (TPSA) is 129 Å². The first-order valence-electron chi connectivity index (χ1n) is 13.1. The van der Waals surface area contributed by atoms with Gasteiger partial charge in [0.15, 0.2) is 0 Å². The van der Waals surface area contributed by atoms with Crippen molar-refractivity contribution >= 4 is 28.9 Å². The van der Waals surface area contributed by atoms with Gasteiger partial charge < -0.3 is 20.1 Å². The molecule has 4 heterocycles. The minimum absolute atomic E-state index is 0.132. The second-order valence-electron chi connectivity index (χ2n) is 10.5. The Kier molecular flexibility index (Phi) is 6.70. The van der Waals surface area contributed by atoms with E-state index in [0.717, 1.165) is 5.56 Å². The van der Waals surface area contributed by atoms with Crippen molar-refractivity contribution in [3.63, 3.8) is 0 Å². The van der Waals surface area contributed by atoms with E-state index in [4.69, 9.17) is 9.47 Å². The van der Waals surface area contributed by atoms with Crippen LogP contribution in [0, 0.1) is 16.0 Å². The van der Waals surface area contributed by atoms with Gasteiger partial charge in [0.1, 0.15) is 23.8 Å². The largest absolute Gasteiger partial charge is 0.493 e. The number of carbonyl (C=O) groups excluding carboxylic acids is 1. The Morgan fingerprint density at radius 2 is 1.85 bits per heavy atom. The quantitative estimate of drug-likeness (QED) is 0.217. The molecule has 11 heteroatoms. The molecule has 0 saturated heterocycles. The van der Waals surface area contributed by atoms with E-state index in [2.05, 4.69) is 20.6 Å². The number of hydrogen-bond donors (Lipinski definition) is 2. The molecule has 3 aromatic carbocycles. The van der Waals surface area contributed by atoms with Crippen LogP contribution in [0.15, 0.2) is 72.9 Å². The zero-order valence-corrected chi connectivity index (χ0v) is 22.1. The molecule has 2 N–H and O–H groups in total. The molecule has 1 aromatic heterocycles. The van der Waals surface area contributed by atoms with E-state index < -0.39 is 16.5 Å². The van der Waals surface area contributed by atoms with Crippen LogP contribution < -0.4 is 20.1 Å². The molecular formula is C30H26FN5O5. The van der Waals surface area contributed by atoms with Crippen LogP contribution in [-0.4, -0.2) is 33.1 Å². The summed E-state index contributed by atoms with van der Waals surface area (Å²) in [7, 11) is 0. The first kappa shape index (κ1) is 26.2. The molecule has 1 fully saturated rings. The molecule has 8 bridgehead atoms. The number of carbonyl (C=O) groups is 1. The fraction of sp³-hybridized carbons (Fsp3) is 0.233. The van der Waals surface area contributed by atoms with E-state index in [1.54, 1.807) is 43.3 Å². The molecule has 0 atom stereocenters. The summed E-state index contributed by atoms with van der Waals surface area (Å²) in [5.41, 5.74) is 1.21. The summed E-state index contributed by atoms with van der Waals surface area (Å²) in [4.78, 5) is 33.0. The summed E-state index contributed by atoms with van der Waals surface area (Å²) in [6.45, 7) is 2.18. The van der Waals surface area contributed by atoms with E-state index in [-0.39, 0.29) is 35.3 Å². The smallest absolute Gasteiger partial charge is 0.279 e. The molecule has 0 radical (unpaired) electrons. The SMILES string of the molecule is CC1(F)CC(COc2ccc3cc2COc2ccc(cc2)NC(=O)c2ccc(c([N+](=O)[O-])c2)-c2ccnc(n2)N3)C1. The van der Waals surface area contributed by atoms with Crippen LogP contribution in [0.25, 0.3) is 11.3 Å². The Morgan fingerprint density at radius 1 is 1.07 bits per heavy atom. The third-order valence-electron chi connectivity index (χ3n) is 7.11. The molecule has 1 aliphatic carbocycles. The number of fused-ring (bicyclic) bond motifs is 2. The lowest BCUT2D eigenvalue weighted by molar-refractivity contribution is -0.384. The Hall–Kier alpha value is -5.06. The maximum Gasteiger partial charge on any atom is 0.279 e. The minimum Gasteiger partial charge on any atom is -0.493 e. The van der Waals surface area contributed by atoms with Gasteiger partial charge in [-0.2, -0.15) is 0 Å². The van der Waals surface area contributed by atoms with Crippen molar-refractivity contribution in [2.75, 3.05) is 17.2 Å². The first-order valence-corrected chi connectivity index (χ1v) is 13.1. The van der Waals surface area contributed by atoms with Gasteiger partial charge in [0.25, 0.3) is 11.6 Å². The number of ether oxygens (including phenoxy) is 2. The molecule has 4 aromatic rings. The number of nitro groups is 1. The van der Waals surface area contributed by atoms with Crippen molar-refractivity contribution in [2.24, 2.45) is 5.92 Å². The number of halogens is 1. The standard InChI is InChI=1S/C30H26FN5O5/c1-30(31)14-18(15-30)16-41-27-9-5-22-12-20(27)17-40-23-6-3-21(4-7-23)33-28(37)19-2-8-24(26(13-19)36(38)39)25-10-11-32-29(34-22)35-25/h2-13,18H,14-17H2,1H3,(H,33,37)(H,32,34,35). The van der Waals surface area contributed by atoms with Gasteiger partial charge in [-0.1, -0.05) is 0 Å². The predicted octanol–water partition coefficient (Wildman–Crippen LogP) is 6.46. The van der Waals surface area contributed by atoms with Crippen molar-refractivity contribution in [1.29, 1.82) is 0 Å². The molecule has 208 valence electrons. The highest BCUT2D eigenvalue weighted by Crippen LogP contribution is 2.41. The molecule has 41 heavy (non-hydrogen) atoms. The molecule has 0 spiro atoms. The van der Waals surface area contributed by atoms with Crippen LogP contribution in [-0.2, 0) is 6.61 Å². The van der Waals surface area contributed by atoms with Gasteiger partial charge in [-0.25, -0.2) is 14.4 Å². The molecule has 1 saturated carbocycles. The second-order valence-corrected chi connectivity index (χ2v) is 10.5. The van der Waals surface area contributed by atoms with Gasteiger partial charge in [-0.3, -0.25) is 14.9 Å². The number of aromatic nitrogens is 2. The van der Waals surface area contributed by atoms with Gasteiger partial charge in [0.05, 0.1) is 22.8 Å². The second kappa shape index (κ2) is 10.5. The van der Waals surface area contributed by atoms with Crippen LogP contribution in [0.2, 0.25) is 0 Å². The fourth-order valence-electron chi connectivity index (χ4n) is 5.12. The van der Waals surface area contributed by atoms with Crippen molar-refractivity contribution in [3.8, 4) is 22.8 Å². The zero-order valence-electron chi connectivity index (χ0n) is 22.1. The van der Waals surface area contributed by atoms with E-state index >= 15 is 0 Å². The number of rotatable bonds is 4. The average Bonchev–Trinajstić information content (AvgIpc) is 2.94. The summed E-state index contributed by atoms with van der Waals surface area (Å²) >= 11 is 0. The van der Waals surface area contributed by atoms with Crippen LogP contribution in [0.1, 0.15) is 35.7 Å². The number of hydrogen-bond acceptors (Lipinski definition) is 8. The van der Waals surface area contributed by atoms with Crippen molar-refractivity contribution in [2.45, 2.75) is 32.0 Å². The molecule has 4 aliphatic rings. The summed E-state index contributed by atoms with van der Waals surface area (Å²) in [6, 6.07) is 18.1. The lowest BCUT2D eigenvalue weighted by Crippen LogP contribution is -2.39. The Labute approximate surface area is 234 Å². The summed E-state index contributed by atoms with van der Waals surface area (Å²) in [6.07, 6.45) is 2.43. The Morgan fingerprint density at radius 3 is 2.61 bits per heavy atom. The highest BCUT2D eigenvalue weighted by atomic mass is 19.1. The summed E-state index contributed by atoms with van der Waals surface area (Å²) in [5, 5.41) is 17.8. The lowest BCUT2D eigenvalue weighted by atomic mass is 9.74. The maximum absolute atomic E-state index is 14.0. The number of nitrogens with zero attached hydrogens (tertiary/aromatic N) is 3. The summed E-state index contributed by atoms with van der Waals surface area (Å²) in [5.74, 6) is 1.06. The van der Waals surface area contributed by atoms with Gasteiger partial charge in [0, 0.05) is 34.8 Å². The third-order valence-corrected chi connectivity index (χ3v) is 7.11. The van der Waals surface area contributed by atoms with Crippen LogP contribution in [0.5, 0.6) is 11.5 Å². The van der Waals surface area contributed by atoms with Crippen molar-refractivity contribution in [3.05, 3.63) is 94.2 Å². The van der Waals surface area contributed by atoms with Crippen molar-refractivity contribution in [1.82, 2.24) is 9.97 Å². The van der Waals surface area contributed by atoms with Crippen LogP contribution in [0.3, 0.4) is 0 Å². The Bertz CT molecular complexity index is 1640. The zero-order chi connectivity index (χ0) is 28.6.